The van der Waals surface area contributed by atoms with Gasteiger partial charge in [-0.2, -0.15) is 0 Å². The van der Waals surface area contributed by atoms with Crippen LogP contribution in [0.2, 0.25) is 4.34 Å². The lowest BCUT2D eigenvalue weighted by molar-refractivity contribution is 0.484. The maximum absolute atomic E-state index is 9.48. The summed E-state index contributed by atoms with van der Waals surface area (Å²) in [5.74, 6) is 0.179. The lowest BCUT2D eigenvalue weighted by Gasteiger charge is -1.91. The van der Waals surface area contributed by atoms with Gasteiger partial charge in [0.1, 0.15) is 4.34 Å². The third-order valence-corrected chi connectivity index (χ3v) is 3.43. The summed E-state index contributed by atoms with van der Waals surface area (Å²) in [6.07, 6.45) is 0. The minimum absolute atomic E-state index is 0.179. The molecular formula is C8H4BrClOS. The lowest BCUT2D eigenvalue weighted by Crippen LogP contribution is -1.64. The molecule has 1 nitrogen and oxygen atoms in total. The van der Waals surface area contributed by atoms with Crippen LogP contribution in [0.4, 0.5) is 0 Å². The highest BCUT2D eigenvalue weighted by atomic mass is 79.9. The van der Waals surface area contributed by atoms with Gasteiger partial charge in [-0.1, -0.05) is 27.5 Å². The van der Waals surface area contributed by atoms with Crippen LogP contribution in [0.5, 0.6) is 5.75 Å². The Morgan fingerprint density at radius 3 is 2.92 bits per heavy atom. The number of fused-ring (bicyclic) bond motifs is 1. The maximum Gasteiger partial charge on any atom is 0.152 e. The molecule has 0 aliphatic rings. The number of halogens is 2. The maximum atomic E-state index is 9.48. The highest BCUT2D eigenvalue weighted by Gasteiger charge is 2.08. The van der Waals surface area contributed by atoms with Gasteiger partial charge in [0.05, 0.1) is 0 Å². The van der Waals surface area contributed by atoms with Gasteiger partial charge in [-0.15, -0.1) is 11.3 Å². The molecule has 12 heavy (non-hydrogen) atoms. The Kier molecular flexibility index (Phi) is 2.02. The number of hydrogen-bond acceptors (Lipinski definition) is 2. The van der Waals surface area contributed by atoms with E-state index in [4.69, 9.17) is 11.6 Å². The molecule has 0 fully saturated rings. The number of aromatic hydroxyl groups is 1. The van der Waals surface area contributed by atoms with Gasteiger partial charge in [0.15, 0.2) is 5.75 Å². The Hall–Kier alpha value is -0.250. The van der Waals surface area contributed by atoms with Gasteiger partial charge >= 0.3 is 0 Å². The molecule has 62 valence electrons. The molecule has 1 heterocycles. The van der Waals surface area contributed by atoms with E-state index in [1.807, 2.05) is 18.2 Å². The first-order chi connectivity index (χ1) is 5.68. The van der Waals surface area contributed by atoms with E-state index in [9.17, 15) is 5.11 Å². The first-order valence-electron chi connectivity index (χ1n) is 3.25. The summed E-state index contributed by atoms with van der Waals surface area (Å²) in [4.78, 5) is 0. The quantitative estimate of drug-likeness (QED) is 0.761. The Labute approximate surface area is 86.7 Å². The van der Waals surface area contributed by atoms with E-state index in [0.717, 1.165) is 14.6 Å². The summed E-state index contributed by atoms with van der Waals surface area (Å²) in [5.41, 5.74) is 0. The van der Waals surface area contributed by atoms with E-state index >= 15 is 0 Å². The van der Waals surface area contributed by atoms with Gasteiger partial charge in [0, 0.05) is 14.6 Å². The van der Waals surface area contributed by atoms with Crippen molar-refractivity contribution < 1.29 is 5.11 Å². The van der Waals surface area contributed by atoms with Gasteiger partial charge in [0.25, 0.3) is 0 Å². The molecule has 0 aliphatic heterocycles. The van der Waals surface area contributed by atoms with Gasteiger partial charge in [-0.05, 0) is 18.2 Å². The van der Waals surface area contributed by atoms with Crippen molar-refractivity contribution in [3.05, 3.63) is 27.0 Å². The first kappa shape index (κ1) is 8.35. The summed E-state index contributed by atoms with van der Waals surface area (Å²) >= 11 is 10.5. The molecule has 1 N–H and O–H groups in total. The van der Waals surface area contributed by atoms with Crippen LogP contribution in [0.1, 0.15) is 0 Å². The molecule has 2 rings (SSSR count). The van der Waals surface area contributed by atoms with Crippen LogP contribution in [-0.2, 0) is 0 Å². The third-order valence-electron chi connectivity index (χ3n) is 1.58. The first-order valence-corrected chi connectivity index (χ1v) is 5.24. The SMILES string of the molecule is Oc1c(Cl)sc2ccc(Br)cc12. The van der Waals surface area contributed by atoms with Crippen molar-refractivity contribution in [3.63, 3.8) is 0 Å². The van der Waals surface area contributed by atoms with Gasteiger partial charge in [-0.3, -0.25) is 0 Å². The third kappa shape index (κ3) is 1.22. The van der Waals surface area contributed by atoms with Crippen LogP contribution in [0.25, 0.3) is 10.1 Å². The highest BCUT2D eigenvalue weighted by Crippen LogP contribution is 2.41. The fourth-order valence-corrected chi connectivity index (χ4v) is 2.54. The van der Waals surface area contributed by atoms with Crippen molar-refractivity contribution >= 4 is 49.0 Å². The van der Waals surface area contributed by atoms with Crippen molar-refractivity contribution in [2.45, 2.75) is 0 Å². The summed E-state index contributed by atoms with van der Waals surface area (Å²) in [7, 11) is 0. The highest BCUT2D eigenvalue weighted by molar-refractivity contribution is 9.10. The summed E-state index contributed by atoms with van der Waals surface area (Å²) in [5, 5.41) is 10.3. The fourth-order valence-electron chi connectivity index (χ4n) is 1.03. The van der Waals surface area contributed by atoms with E-state index in [1.54, 1.807) is 0 Å². The second-order valence-electron chi connectivity index (χ2n) is 2.36. The van der Waals surface area contributed by atoms with E-state index in [1.165, 1.54) is 11.3 Å². The molecule has 0 radical (unpaired) electrons. The Morgan fingerprint density at radius 2 is 2.17 bits per heavy atom. The van der Waals surface area contributed by atoms with Gasteiger partial charge in [0.2, 0.25) is 0 Å². The lowest BCUT2D eigenvalue weighted by atomic mass is 10.2. The van der Waals surface area contributed by atoms with Gasteiger partial charge in [-0.25, -0.2) is 0 Å². The number of hydrogen-bond donors (Lipinski definition) is 1. The fraction of sp³-hybridized carbons (Fsp3) is 0. The van der Waals surface area contributed by atoms with Gasteiger partial charge < -0.3 is 5.11 Å². The second-order valence-corrected chi connectivity index (χ2v) is 4.93. The molecule has 0 bridgehead atoms. The van der Waals surface area contributed by atoms with E-state index in [-0.39, 0.29) is 5.75 Å². The van der Waals surface area contributed by atoms with Crippen molar-refractivity contribution in [1.82, 2.24) is 0 Å². The minimum atomic E-state index is 0.179. The molecule has 0 spiro atoms. The van der Waals surface area contributed by atoms with Crippen LogP contribution in [-0.4, -0.2) is 5.11 Å². The van der Waals surface area contributed by atoms with Crippen LogP contribution in [0.3, 0.4) is 0 Å². The molecule has 0 unspecified atom stereocenters. The second kappa shape index (κ2) is 2.91. The topological polar surface area (TPSA) is 20.2 Å². The zero-order chi connectivity index (χ0) is 8.72. The Balaban J connectivity index is 2.88. The molecule has 0 amide bonds. The molecule has 4 heteroatoms. The molecule has 1 aromatic carbocycles. The largest absolute Gasteiger partial charge is 0.505 e. The zero-order valence-corrected chi connectivity index (χ0v) is 9.00. The Morgan fingerprint density at radius 1 is 1.42 bits per heavy atom. The predicted octanol–water partition coefficient (Wildman–Crippen LogP) is 4.02. The average Bonchev–Trinajstić information content (AvgIpc) is 2.31. The normalized spacial score (nSPS) is 10.8. The van der Waals surface area contributed by atoms with Crippen molar-refractivity contribution in [2.24, 2.45) is 0 Å². The standard InChI is InChI=1S/C8H4BrClOS/c9-4-1-2-6-5(3-4)7(11)8(10)12-6/h1-3,11H. The zero-order valence-electron chi connectivity index (χ0n) is 5.84. The molecule has 0 saturated carbocycles. The van der Waals surface area contributed by atoms with E-state index in [2.05, 4.69) is 15.9 Å². The molecule has 0 saturated heterocycles. The molecular weight excluding hydrogens is 260 g/mol. The average molecular weight is 264 g/mol. The summed E-state index contributed by atoms with van der Waals surface area (Å²) < 4.78 is 2.39. The smallest absolute Gasteiger partial charge is 0.152 e. The number of rotatable bonds is 0. The van der Waals surface area contributed by atoms with E-state index in [0.29, 0.717) is 4.34 Å². The van der Waals surface area contributed by atoms with Crippen LogP contribution in [0.15, 0.2) is 22.7 Å². The molecule has 0 atom stereocenters. The van der Waals surface area contributed by atoms with Crippen LogP contribution in [0, 0.1) is 0 Å². The molecule has 0 aliphatic carbocycles. The number of benzene rings is 1. The van der Waals surface area contributed by atoms with E-state index < -0.39 is 0 Å². The summed E-state index contributed by atoms with van der Waals surface area (Å²) in [6, 6.07) is 5.71. The summed E-state index contributed by atoms with van der Waals surface area (Å²) in [6.45, 7) is 0. The minimum Gasteiger partial charge on any atom is -0.505 e. The Bertz CT molecular complexity index is 438. The number of thiophene rings is 1. The van der Waals surface area contributed by atoms with Crippen LogP contribution >= 0.6 is 38.9 Å². The monoisotopic (exact) mass is 262 g/mol. The molecule has 1 aromatic heterocycles. The van der Waals surface area contributed by atoms with Crippen molar-refractivity contribution in [1.29, 1.82) is 0 Å². The predicted molar refractivity (Wildman–Crippen MR) is 56.2 cm³/mol. The van der Waals surface area contributed by atoms with Crippen LogP contribution < -0.4 is 0 Å². The van der Waals surface area contributed by atoms with Crippen molar-refractivity contribution in [3.8, 4) is 5.75 Å². The van der Waals surface area contributed by atoms with Crippen molar-refractivity contribution in [2.75, 3.05) is 0 Å². The molecule has 2 aromatic rings.